The minimum absolute atomic E-state index is 0.00862. The van der Waals surface area contributed by atoms with Crippen LogP contribution in [-0.4, -0.2) is 13.4 Å². The molecule has 4 rings (SSSR count). The molecule has 0 radical (unpaired) electrons. The molecule has 124 valence electrons. The van der Waals surface area contributed by atoms with Crippen molar-refractivity contribution in [3.63, 3.8) is 0 Å². The fourth-order valence-corrected chi connectivity index (χ4v) is 3.91. The Balaban J connectivity index is 1.77. The Morgan fingerprint density at radius 3 is 2.21 bits per heavy atom. The Kier molecular flexibility index (Phi) is 3.37. The number of nitrogens with two attached hydrogens (primary N) is 1. The van der Waals surface area contributed by atoms with E-state index in [-0.39, 0.29) is 10.7 Å². The molecule has 0 amide bonds. The lowest BCUT2D eigenvalue weighted by molar-refractivity contribution is 0.567. The van der Waals surface area contributed by atoms with Crippen LogP contribution in [0.4, 0.5) is 4.39 Å². The highest BCUT2D eigenvalue weighted by Gasteiger charge is 2.48. The molecule has 24 heavy (non-hydrogen) atoms. The third kappa shape index (κ3) is 2.76. The monoisotopic (exact) mass is 344 g/mol. The van der Waals surface area contributed by atoms with E-state index in [0.29, 0.717) is 5.41 Å². The largest absolute Gasteiger partial charge is 0.255 e. The number of hydrogen-bond donors (Lipinski definition) is 1. The Morgan fingerprint density at radius 1 is 1.00 bits per heavy atom. The lowest BCUT2D eigenvalue weighted by atomic mass is 9.99. The fourth-order valence-electron chi connectivity index (χ4n) is 3.46. The van der Waals surface area contributed by atoms with Gasteiger partial charge in [-0.05, 0) is 72.1 Å². The van der Waals surface area contributed by atoms with Crippen LogP contribution in [0.25, 0.3) is 11.1 Å². The summed E-state index contributed by atoms with van der Waals surface area (Å²) < 4.78 is 36.0. The molecular weight excluding hydrogens is 327 g/mol. The normalized spacial score (nSPS) is 19.1. The number of pyridine rings is 1. The van der Waals surface area contributed by atoms with Crippen molar-refractivity contribution in [3.05, 3.63) is 59.7 Å². The van der Waals surface area contributed by atoms with Gasteiger partial charge in [0.2, 0.25) is 10.0 Å². The molecule has 1 spiro atoms. The minimum atomic E-state index is -3.74. The number of sulfonamides is 1. The van der Waals surface area contributed by atoms with Crippen molar-refractivity contribution in [3.8, 4) is 0 Å². The number of rotatable bonds is 3. The van der Waals surface area contributed by atoms with Crippen molar-refractivity contribution in [1.82, 2.24) is 4.98 Å². The molecule has 0 atom stereocenters. The van der Waals surface area contributed by atoms with E-state index in [1.807, 2.05) is 0 Å². The first kappa shape index (κ1) is 15.5. The van der Waals surface area contributed by atoms with Gasteiger partial charge < -0.3 is 0 Å². The average Bonchev–Trinajstić information content (AvgIpc) is 3.19. The molecule has 6 heteroatoms. The summed E-state index contributed by atoms with van der Waals surface area (Å²) in [5.74, 6) is -0.254. The molecule has 1 heterocycles. The molecule has 0 unspecified atom stereocenters. The zero-order chi connectivity index (χ0) is 16.9. The van der Waals surface area contributed by atoms with Crippen LogP contribution in [-0.2, 0) is 10.0 Å². The summed E-state index contributed by atoms with van der Waals surface area (Å²) in [6.45, 7) is 0. The third-order valence-corrected chi connectivity index (χ3v) is 5.89. The number of aromatic nitrogens is 1. The van der Waals surface area contributed by atoms with Crippen LogP contribution < -0.4 is 5.14 Å². The first-order valence-corrected chi connectivity index (χ1v) is 9.38. The minimum Gasteiger partial charge on any atom is -0.255 e. The van der Waals surface area contributed by atoms with E-state index >= 15 is 0 Å². The molecule has 2 N–H and O–H groups in total. The van der Waals surface area contributed by atoms with E-state index in [1.54, 1.807) is 18.2 Å². The van der Waals surface area contributed by atoms with Crippen LogP contribution >= 0.6 is 0 Å². The summed E-state index contributed by atoms with van der Waals surface area (Å²) in [7, 11) is -3.74. The first-order chi connectivity index (χ1) is 11.4. The molecule has 1 saturated carbocycles. The maximum absolute atomic E-state index is 13.2. The van der Waals surface area contributed by atoms with Crippen molar-refractivity contribution >= 4 is 21.2 Å². The van der Waals surface area contributed by atoms with Gasteiger partial charge in [-0.2, -0.15) is 0 Å². The van der Waals surface area contributed by atoms with E-state index in [0.717, 1.165) is 29.7 Å². The molecule has 2 aliphatic carbocycles. The average molecular weight is 344 g/mol. The summed E-state index contributed by atoms with van der Waals surface area (Å²) >= 11 is 0. The molecular formula is C18H17FN2O2S. The van der Waals surface area contributed by atoms with E-state index in [1.165, 1.54) is 42.8 Å². The van der Waals surface area contributed by atoms with Gasteiger partial charge in [-0.25, -0.2) is 17.9 Å². The topological polar surface area (TPSA) is 73.1 Å². The van der Waals surface area contributed by atoms with Gasteiger partial charge in [0.05, 0.1) is 5.69 Å². The van der Waals surface area contributed by atoms with Crippen LogP contribution in [0, 0.1) is 11.2 Å². The quantitative estimate of drug-likeness (QED) is 0.928. The summed E-state index contributed by atoms with van der Waals surface area (Å²) in [4.78, 5) is 4.33. The third-order valence-electron chi connectivity index (χ3n) is 4.99. The maximum atomic E-state index is 13.2. The smallest absolute Gasteiger partial charge is 0.239 e. The van der Waals surface area contributed by atoms with Crippen LogP contribution in [0.1, 0.15) is 36.9 Å². The molecule has 0 aliphatic heterocycles. The number of nitrogens with zero attached hydrogens (tertiary/aromatic N) is 1. The molecule has 2 aliphatic rings. The van der Waals surface area contributed by atoms with Gasteiger partial charge in [0.15, 0.2) is 0 Å². The molecule has 2 aromatic rings. The molecule has 1 fully saturated rings. The van der Waals surface area contributed by atoms with Crippen molar-refractivity contribution < 1.29 is 12.8 Å². The predicted molar refractivity (Wildman–Crippen MR) is 89.7 cm³/mol. The van der Waals surface area contributed by atoms with Crippen LogP contribution in [0.2, 0.25) is 0 Å². The van der Waals surface area contributed by atoms with Crippen molar-refractivity contribution in [2.45, 2.75) is 30.6 Å². The van der Waals surface area contributed by atoms with Crippen molar-refractivity contribution in [2.24, 2.45) is 10.6 Å². The highest BCUT2D eigenvalue weighted by molar-refractivity contribution is 7.89. The van der Waals surface area contributed by atoms with E-state index in [4.69, 9.17) is 5.14 Å². The summed E-state index contributed by atoms with van der Waals surface area (Å²) in [5.41, 5.74) is 4.40. The van der Waals surface area contributed by atoms with Crippen molar-refractivity contribution in [2.75, 3.05) is 0 Å². The van der Waals surface area contributed by atoms with Gasteiger partial charge in [-0.3, -0.25) is 4.98 Å². The number of halogens is 1. The highest BCUT2D eigenvalue weighted by atomic mass is 32.2. The highest BCUT2D eigenvalue weighted by Crippen LogP contribution is 2.63. The zero-order valence-electron chi connectivity index (χ0n) is 13.0. The maximum Gasteiger partial charge on any atom is 0.239 e. The Bertz CT molecular complexity index is 928. The number of hydrogen-bond acceptors (Lipinski definition) is 3. The lowest BCUT2D eigenvalue weighted by Crippen LogP contribution is -2.12. The standard InChI is InChI=1S/C18H17FN2O2S/c19-13-3-1-12(2-4-13)15-9-18(7-8-18)10-16(15)17-6-5-14(11-21-17)24(20,22)23/h1-6,11H,7-10H2,(H2,20,22,23). The SMILES string of the molecule is NS(=O)(=O)c1ccc(C2=C(c3ccc(F)cc3)CC3(CC3)C2)nc1. The zero-order valence-corrected chi connectivity index (χ0v) is 13.8. The Morgan fingerprint density at radius 2 is 1.67 bits per heavy atom. The van der Waals surface area contributed by atoms with Gasteiger partial charge in [0, 0.05) is 6.20 Å². The summed E-state index contributed by atoms with van der Waals surface area (Å²) in [6, 6.07) is 9.73. The molecule has 1 aromatic carbocycles. The Labute approximate surface area is 140 Å². The van der Waals surface area contributed by atoms with Gasteiger partial charge >= 0.3 is 0 Å². The predicted octanol–water partition coefficient (Wildman–Crippen LogP) is 3.35. The van der Waals surface area contributed by atoms with Gasteiger partial charge in [-0.15, -0.1) is 0 Å². The van der Waals surface area contributed by atoms with Gasteiger partial charge in [0.1, 0.15) is 10.7 Å². The van der Waals surface area contributed by atoms with Gasteiger partial charge in [-0.1, -0.05) is 12.1 Å². The van der Waals surface area contributed by atoms with Crippen molar-refractivity contribution in [1.29, 1.82) is 0 Å². The second kappa shape index (κ2) is 5.22. The van der Waals surface area contributed by atoms with Gasteiger partial charge in [0.25, 0.3) is 0 Å². The second-order valence-corrected chi connectivity index (χ2v) is 8.30. The molecule has 0 bridgehead atoms. The Hall–Kier alpha value is -2.05. The number of benzene rings is 1. The number of allylic oxidation sites excluding steroid dienone is 2. The van der Waals surface area contributed by atoms with E-state index < -0.39 is 10.0 Å². The molecule has 4 nitrogen and oxygen atoms in total. The number of primary sulfonamides is 1. The van der Waals surface area contributed by atoms with Crippen LogP contribution in [0.3, 0.4) is 0 Å². The van der Waals surface area contributed by atoms with Crippen LogP contribution in [0.5, 0.6) is 0 Å². The molecule has 1 aromatic heterocycles. The lowest BCUT2D eigenvalue weighted by Gasteiger charge is -2.08. The molecule has 0 saturated heterocycles. The summed E-state index contributed by atoms with van der Waals surface area (Å²) in [6.07, 6.45) is 5.58. The first-order valence-electron chi connectivity index (χ1n) is 7.84. The summed E-state index contributed by atoms with van der Waals surface area (Å²) in [5, 5.41) is 5.13. The van der Waals surface area contributed by atoms with E-state index in [9.17, 15) is 12.8 Å². The van der Waals surface area contributed by atoms with Crippen LogP contribution in [0.15, 0.2) is 47.5 Å². The van der Waals surface area contributed by atoms with E-state index in [2.05, 4.69) is 4.98 Å². The fraction of sp³-hybridized carbons (Fsp3) is 0.278. The second-order valence-electron chi connectivity index (χ2n) is 6.74.